The minimum Gasteiger partial charge on any atom is -0.497 e. The molecule has 0 N–H and O–H groups in total. The van der Waals surface area contributed by atoms with Crippen molar-refractivity contribution in [1.82, 2.24) is 4.67 Å². The zero-order chi connectivity index (χ0) is 27.4. The van der Waals surface area contributed by atoms with Crippen LogP contribution in [0.1, 0.15) is 50.8 Å². The lowest BCUT2D eigenvalue weighted by Crippen LogP contribution is -2.34. The normalized spacial score (nSPS) is 12.6. The van der Waals surface area contributed by atoms with Crippen LogP contribution in [0, 0.1) is 11.3 Å². The van der Waals surface area contributed by atoms with Crippen molar-refractivity contribution in [2.24, 2.45) is 0 Å². The summed E-state index contributed by atoms with van der Waals surface area (Å²) < 4.78 is 19.8. The van der Waals surface area contributed by atoms with E-state index < -0.39 is 13.3 Å². The summed E-state index contributed by atoms with van der Waals surface area (Å²) in [5.74, 6) is 1.58. The third-order valence-electron chi connectivity index (χ3n) is 6.12. The van der Waals surface area contributed by atoms with Crippen molar-refractivity contribution in [3.63, 3.8) is 0 Å². The van der Waals surface area contributed by atoms with Gasteiger partial charge < -0.3 is 13.8 Å². The van der Waals surface area contributed by atoms with Gasteiger partial charge in [-0.3, -0.25) is 0 Å². The summed E-state index contributed by atoms with van der Waals surface area (Å²) >= 11 is 1.86. The van der Waals surface area contributed by atoms with E-state index in [0.29, 0.717) is 19.6 Å². The number of nitriles is 1. The van der Waals surface area contributed by atoms with Crippen LogP contribution in [0.3, 0.4) is 0 Å². The topological polar surface area (TPSA) is 54.7 Å². The molecule has 38 heavy (non-hydrogen) atoms. The lowest BCUT2D eigenvalue weighted by Gasteiger charge is -2.37. The summed E-state index contributed by atoms with van der Waals surface area (Å²) in [5.41, 5.74) is 3.60. The second-order valence-electron chi connectivity index (χ2n) is 9.37. The van der Waals surface area contributed by atoms with Gasteiger partial charge in [0.05, 0.1) is 37.6 Å². The average molecular weight is 551 g/mol. The first kappa shape index (κ1) is 30.2. The van der Waals surface area contributed by atoms with Crippen molar-refractivity contribution < 1.29 is 13.8 Å². The lowest BCUT2D eigenvalue weighted by atomic mass is 9.84. The summed E-state index contributed by atoms with van der Waals surface area (Å²) in [6.45, 7) is 9.51. The fourth-order valence-electron chi connectivity index (χ4n) is 4.54. The minimum absolute atomic E-state index is 0.267. The van der Waals surface area contributed by atoms with Gasteiger partial charge in [0.1, 0.15) is 5.75 Å². The molecule has 0 spiro atoms. The molecule has 0 aliphatic heterocycles. The molecule has 202 valence electrons. The highest BCUT2D eigenvalue weighted by Gasteiger charge is 2.37. The standard InChI is InChI=1S/C31H39N2O3PS/c1-25(2)33(26(3)4)37(35-22-12-21-32)36-23-24-38-31(27-13-8-6-9-14-27,28-15-10-7-11-16-28)29-17-19-30(34-5)20-18-29/h6-11,13-20,25-26H,12,22-24H2,1-5H3. The quantitative estimate of drug-likeness (QED) is 0.109. The largest absolute Gasteiger partial charge is 0.497 e. The second kappa shape index (κ2) is 15.3. The molecule has 3 aromatic rings. The minimum atomic E-state index is -1.28. The average Bonchev–Trinajstić information content (AvgIpc) is 2.94. The highest BCUT2D eigenvalue weighted by Crippen LogP contribution is 2.50. The third-order valence-corrected chi connectivity index (χ3v) is 9.74. The van der Waals surface area contributed by atoms with E-state index in [1.807, 2.05) is 23.9 Å². The maximum absolute atomic E-state index is 9.01. The Hall–Kier alpha value is -2.39. The molecule has 3 rings (SSSR count). The number of nitrogens with zero attached hydrogens (tertiary/aromatic N) is 2. The number of benzene rings is 3. The van der Waals surface area contributed by atoms with Crippen LogP contribution in [0.5, 0.6) is 5.75 Å². The lowest BCUT2D eigenvalue weighted by molar-refractivity contribution is 0.182. The fraction of sp³-hybridized carbons (Fsp3) is 0.387. The Morgan fingerprint density at radius 2 is 1.29 bits per heavy atom. The molecule has 1 atom stereocenters. The number of methoxy groups -OCH3 is 1. The van der Waals surface area contributed by atoms with Gasteiger partial charge in [0, 0.05) is 17.8 Å². The molecule has 0 bridgehead atoms. The van der Waals surface area contributed by atoms with Gasteiger partial charge in [0.25, 0.3) is 8.53 Å². The molecule has 7 heteroatoms. The summed E-state index contributed by atoms with van der Waals surface area (Å²) in [6, 6.07) is 32.3. The van der Waals surface area contributed by atoms with E-state index in [2.05, 4.69) is 111 Å². The Morgan fingerprint density at radius 1 is 0.789 bits per heavy atom. The smallest absolute Gasteiger partial charge is 0.259 e. The fourth-order valence-corrected chi connectivity index (χ4v) is 7.64. The van der Waals surface area contributed by atoms with E-state index >= 15 is 0 Å². The van der Waals surface area contributed by atoms with Crippen LogP contribution in [0.15, 0.2) is 84.9 Å². The van der Waals surface area contributed by atoms with E-state index in [1.54, 1.807) is 7.11 Å². The van der Waals surface area contributed by atoms with Crippen molar-refractivity contribution in [2.45, 2.75) is 50.9 Å². The number of hydrogen-bond donors (Lipinski definition) is 0. The zero-order valence-electron chi connectivity index (χ0n) is 23.0. The van der Waals surface area contributed by atoms with Crippen LogP contribution in [0.2, 0.25) is 0 Å². The number of hydrogen-bond acceptors (Lipinski definition) is 6. The highest BCUT2D eigenvalue weighted by molar-refractivity contribution is 8.00. The van der Waals surface area contributed by atoms with E-state index in [-0.39, 0.29) is 12.1 Å². The molecule has 0 saturated carbocycles. The molecular weight excluding hydrogens is 511 g/mol. The molecule has 3 aromatic carbocycles. The summed E-state index contributed by atoms with van der Waals surface area (Å²) in [4.78, 5) is 0. The molecule has 0 radical (unpaired) electrons. The van der Waals surface area contributed by atoms with Crippen LogP contribution in [-0.2, 0) is 13.8 Å². The summed E-state index contributed by atoms with van der Waals surface area (Å²) in [6.07, 6.45) is 0.351. The summed E-state index contributed by atoms with van der Waals surface area (Å²) in [7, 11) is 0.413. The first-order valence-electron chi connectivity index (χ1n) is 13.0. The van der Waals surface area contributed by atoms with E-state index in [4.69, 9.17) is 19.0 Å². The molecule has 0 saturated heterocycles. The molecule has 1 unspecified atom stereocenters. The van der Waals surface area contributed by atoms with Gasteiger partial charge in [-0.15, -0.1) is 11.8 Å². The van der Waals surface area contributed by atoms with E-state index in [9.17, 15) is 0 Å². The van der Waals surface area contributed by atoms with Crippen LogP contribution in [0.4, 0.5) is 0 Å². The first-order chi connectivity index (χ1) is 18.4. The number of rotatable bonds is 15. The van der Waals surface area contributed by atoms with Crippen LogP contribution >= 0.6 is 20.3 Å². The molecule has 0 aliphatic rings. The molecule has 0 fully saturated rings. The predicted molar refractivity (Wildman–Crippen MR) is 159 cm³/mol. The van der Waals surface area contributed by atoms with E-state index in [1.165, 1.54) is 16.7 Å². The van der Waals surface area contributed by atoms with Gasteiger partial charge in [-0.1, -0.05) is 72.8 Å². The maximum Gasteiger partial charge on any atom is 0.259 e. The van der Waals surface area contributed by atoms with Crippen molar-refractivity contribution >= 4 is 20.3 Å². The molecule has 0 aliphatic carbocycles. The Kier molecular flexibility index (Phi) is 12.1. The van der Waals surface area contributed by atoms with Crippen molar-refractivity contribution in [3.8, 4) is 11.8 Å². The first-order valence-corrected chi connectivity index (χ1v) is 15.2. The number of thioether (sulfide) groups is 1. The third kappa shape index (κ3) is 7.59. The Labute approximate surface area is 234 Å². The van der Waals surface area contributed by atoms with Crippen LogP contribution in [-0.4, -0.2) is 42.8 Å². The van der Waals surface area contributed by atoms with E-state index in [0.717, 1.165) is 11.5 Å². The van der Waals surface area contributed by atoms with Gasteiger partial charge in [0.15, 0.2) is 0 Å². The summed E-state index contributed by atoms with van der Waals surface area (Å²) in [5, 5.41) is 9.01. The van der Waals surface area contributed by atoms with Gasteiger partial charge in [-0.2, -0.15) is 5.26 Å². The van der Waals surface area contributed by atoms with Crippen LogP contribution in [0.25, 0.3) is 0 Å². The molecule has 5 nitrogen and oxygen atoms in total. The van der Waals surface area contributed by atoms with Gasteiger partial charge in [0.2, 0.25) is 0 Å². The van der Waals surface area contributed by atoms with Gasteiger partial charge in [-0.05, 0) is 56.5 Å². The van der Waals surface area contributed by atoms with Crippen molar-refractivity contribution in [3.05, 3.63) is 102 Å². The predicted octanol–water partition coefficient (Wildman–Crippen LogP) is 8.01. The Balaban J connectivity index is 1.92. The highest BCUT2D eigenvalue weighted by atomic mass is 32.2. The monoisotopic (exact) mass is 550 g/mol. The maximum atomic E-state index is 9.01. The second-order valence-corrected chi connectivity index (χ2v) is 12.1. The van der Waals surface area contributed by atoms with Crippen molar-refractivity contribution in [1.29, 1.82) is 5.26 Å². The Morgan fingerprint density at radius 3 is 1.76 bits per heavy atom. The SMILES string of the molecule is COc1ccc(C(SCCOP(OCCC#N)N(C(C)C)C(C)C)(c2ccccc2)c2ccccc2)cc1. The molecule has 0 heterocycles. The molecular formula is C31H39N2O3PS. The van der Waals surface area contributed by atoms with Gasteiger partial charge >= 0.3 is 0 Å². The Bertz CT molecular complexity index is 1070. The molecule has 0 amide bonds. The van der Waals surface area contributed by atoms with Crippen LogP contribution < -0.4 is 4.74 Å². The number of ether oxygens (including phenoxy) is 1. The van der Waals surface area contributed by atoms with Gasteiger partial charge in [-0.25, -0.2) is 4.67 Å². The zero-order valence-corrected chi connectivity index (χ0v) is 24.8. The van der Waals surface area contributed by atoms with Crippen molar-refractivity contribution in [2.75, 3.05) is 26.1 Å². The molecule has 0 aromatic heterocycles.